The maximum absolute atomic E-state index is 10.5. The van der Waals surface area contributed by atoms with Crippen LogP contribution in [0.5, 0.6) is 0 Å². The number of hydrogen-bond acceptors (Lipinski definition) is 3. The highest BCUT2D eigenvalue weighted by Gasteiger charge is 2.11. The van der Waals surface area contributed by atoms with Crippen molar-refractivity contribution in [2.45, 2.75) is 0 Å². The summed E-state index contributed by atoms with van der Waals surface area (Å²) in [5.74, 6) is 0. The Labute approximate surface area is 68.5 Å². The summed E-state index contributed by atoms with van der Waals surface area (Å²) in [7, 11) is 0. The normalized spacial score (nSPS) is 20.9. The zero-order valence-electron chi connectivity index (χ0n) is 5.68. The molecule has 0 aromatic rings. The van der Waals surface area contributed by atoms with Crippen LogP contribution in [0.15, 0.2) is 0 Å². The fourth-order valence-electron chi connectivity index (χ4n) is 0.935. The zero-order valence-corrected chi connectivity index (χ0v) is 7.26. The van der Waals surface area contributed by atoms with E-state index in [1.165, 1.54) is 0 Å². The highest BCUT2D eigenvalue weighted by atomic mass is 79.9. The molecular weight excluding hydrogens is 198 g/mol. The Kier molecular flexibility index (Phi) is 3.31. The second kappa shape index (κ2) is 4.05. The van der Waals surface area contributed by atoms with Crippen molar-refractivity contribution in [3.05, 3.63) is 0 Å². The largest absolute Gasteiger partial charge is 0.379 e. The molecule has 10 heavy (non-hydrogen) atoms. The number of ether oxygens (including phenoxy) is 1. The van der Waals surface area contributed by atoms with E-state index in [1.54, 1.807) is 0 Å². The van der Waals surface area contributed by atoms with E-state index in [0.29, 0.717) is 6.54 Å². The van der Waals surface area contributed by atoms with Gasteiger partial charge in [-0.25, -0.2) is 0 Å². The summed E-state index contributed by atoms with van der Waals surface area (Å²) in [6.45, 7) is 3.75. The first-order valence-electron chi connectivity index (χ1n) is 3.27. The van der Waals surface area contributed by atoms with Gasteiger partial charge in [-0.3, -0.25) is 9.69 Å². The number of morpholine rings is 1. The summed E-state index contributed by atoms with van der Waals surface area (Å²) < 4.78 is 5.16. The highest BCUT2D eigenvalue weighted by molar-refractivity contribution is 9.18. The van der Waals surface area contributed by atoms with Crippen LogP contribution in [0, 0.1) is 0 Å². The third kappa shape index (κ3) is 2.77. The van der Waals surface area contributed by atoms with Crippen LogP contribution in [-0.4, -0.2) is 42.4 Å². The molecule has 0 aromatic carbocycles. The van der Waals surface area contributed by atoms with Gasteiger partial charge in [0.1, 0.15) is 0 Å². The molecule has 0 unspecified atom stereocenters. The van der Waals surface area contributed by atoms with Crippen molar-refractivity contribution in [1.82, 2.24) is 4.90 Å². The van der Waals surface area contributed by atoms with Crippen molar-refractivity contribution in [3.8, 4) is 0 Å². The van der Waals surface area contributed by atoms with Gasteiger partial charge in [0.25, 0.3) is 0 Å². The fourth-order valence-corrected chi connectivity index (χ4v) is 1.29. The third-order valence-corrected chi connectivity index (χ3v) is 1.70. The van der Waals surface area contributed by atoms with Gasteiger partial charge in [0.05, 0.1) is 19.8 Å². The maximum atomic E-state index is 10.5. The molecule has 1 aliphatic rings. The standard InChI is InChI=1S/C6H10BrNO2/c7-6(9)5-8-1-3-10-4-2-8/h1-5H2. The lowest BCUT2D eigenvalue weighted by Crippen LogP contribution is -2.38. The number of hydrogen-bond donors (Lipinski definition) is 0. The number of carbonyl (C=O) groups excluding carboxylic acids is 1. The molecular formula is C6H10BrNO2. The SMILES string of the molecule is O=C(Br)CN1CCOCC1. The van der Waals surface area contributed by atoms with Crippen molar-refractivity contribution in [2.75, 3.05) is 32.8 Å². The molecule has 3 nitrogen and oxygen atoms in total. The van der Waals surface area contributed by atoms with Crippen LogP contribution < -0.4 is 0 Å². The minimum absolute atomic E-state index is 0.0504. The van der Waals surface area contributed by atoms with E-state index in [4.69, 9.17) is 4.74 Å². The van der Waals surface area contributed by atoms with Gasteiger partial charge in [-0.05, 0) is 15.9 Å². The van der Waals surface area contributed by atoms with Crippen molar-refractivity contribution >= 4 is 20.6 Å². The van der Waals surface area contributed by atoms with E-state index < -0.39 is 0 Å². The molecule has 1 fully saturated rings. The minimum atomic E-state index is 0.0504. The summed E-state index contributed by atoms with van der Waals surface area (Å²) in [6, 6.07) is 0. The zero-order chi connectivity index (χ0) is 7.40. The molecule has 0 amide bonds. The van der Waals surface area contributed by atoms with Gasteiger partial charge in [-0.15, -0.1) is 0 Å². The topological polar surface area (TPSA) is 29.5 Å². The van der Waals surface area contributed by atoms with Crippen LogP contribution in [0.25, 0.3) is 0 Å². The van der Waals surface area contributed by atoms with E-state index in [1.807, 2.05) is 0 Å². The number of nitrogens with zero attached hydrogens (tertiary/aromatic N) is 1. The molecule has 1 aliphatic heterocycles. The number of halogens is 1. The summed E-state index contributed by atoms with van der Waals surface area (Å²) >= 11 is 2.89. The lowest BCUT2D eigenvalue weighted by atomic mass is 10.4. The van der Waals surface area contributed by atoms with Crippen molar-refractivity contribution in [3.63, 3.8) is 0 Å². The molecule has 1 saturated heterocycles. The van der Waals surface area contributed by atoms with Crippen LogP contribution in [0.1, 0.15) is 0 Å². The van der Waals surface area contributed by atoms with E-state index in [2.05, 4.69) is 20.8 Å². The predicted molar refractivity (Wildman–Crippen MR) is 41.2 cm³/mol. The first-order chi connectivity index (χ1) is 4.79. The molecule has 58 valence electrons. The summed E-state index contributed by atoms with van der Waals surface area (Å²) in [5.41, 5.74) is 0. The van der Waals surface area contributed by atoms with Crippen LogP contribution in [-0.2, 0) is 9.53 Å². The predicted octanol–water partition coefficient (Wildman–Crippen LogP) is 0.240. The first kappa shape index (κ1) is 8.17. The Bertz CT molecular complexity index is 123. The molecule has 0 aliphatic carbocycles. The summed E-state index contributed by atoms with van der Waals surface area (Å²) in [5, 5.41) is 0. The van der Waals surface area contributed by atoms with Gasteiger partial charge >= 0.3 is 0 Å². The number of carbonyl (C=O) groups is 1. The van der Waals surface area contributed by atoms with Crippen LogP contribution in [0.3, 0.4) is 0 Å². The fraction of sp³-hybridized carbons (Fsp3) is 0.833. The highest BCUT2D eigenvalue weighted by Crippen LogP contribution is 1.97. The average molecular weight is 208 g/mol. The lowest BCUT2D eigenvalue weighted by molar-refractivity contribution is -0.112. The van der Waals surface area contributed by atoms with E-state index >= 15 is 0 Å². The van der Waals surface area contributed by atoms with Crippen LogP contribution in [0.2, 0.25) is 0 Å². The summed E-state index contributed by atoms with van der Waals surface area (Å²) in [6.07, 6.45) is 0. The lowest BCUT2D eigenvalue weighted by Gasteiger charge is -2.24. The van der Waals surface area contributed by atoms with Gasteiger partial charge in [0.2, 0.25) is 4.69 Å². The molecule has 0 N–H and O–H groups in total. The summed E-state index contributed by atoms with van der Waals surface area (Å²) in [4.78, 5) is 12.6. The first-order valence-corrected chi connectivity index (χ1v) is 4.07. The quantitative estimate of drug-likeness (QED) is 0.609. The Morgan fingerprint density at radius 1 is 1.50 bits per heavy atom. The van der Waals surface area contributed by atoms with E-state index in [0.717, 1.165) is 26.3 Å². The van der Waals surface area contributed by atoms with E-state index in [-0.39, 0.29) is 4.69 Å². The molecule has 0 atom stereocenters. The van der Waals surface area contributed by atoms with Crippen LogP contribution in [0.4, 0.5) is 0 Å². The Morgan fingerprint density at radius 3 is 2.60 bits per heavy atom. The Hall–Kier alpha value is 0.0700. The van der Waals surface area contributed by atoms with Crippen molar-refractivity contribution in [1.29, 1.82) is 0 Å². The van der Waals surface area contributed by atoms with Gasteiger partial charge < -0.3 is 4.74 Å². The van der Waals surface area contributed by atoms with Crippen molar-refractivity contribution < 1.29 is 9.53 Å². The molecule has 1 heterocycles. The molecule has 0 bridgehead atoms. The molecule has 0 saturated carbocycles. The molecule has 1 rings (SSSR count). The van der Waals surface area contributed by atoms with Gasteiger partial charge in [0, 0.05) is 13.1 Å². The van der Waals surface area contributed by atoms with Gasteiger partial charge in [-0.2, -0.15) is 0 Å². The monoisotopic (exact) mass is 207 g/mol. The Balaban J connectivity index is 2.19. The van der Waals surface area contributed by atoms with E-state index in [9.17, 15) is 4.79 Å². The smallest absolute Gasteiger partial charge is 0.211 e. The molecule has 0 radical (unpaired) electrons. The number of rotatable bonds is 2. The molecule has 4 heteroatoms. The molecule has 0 aromatic heterocycles. The Morgan fingerprint density at radius 2 is 2.10 bits per heavy atom. The van der Waals surface area contributed by atoms with Gasteiger partial charge in [-0.1, -0.05) is 0 Å². The second-order valence-electron chi connectivity index (χ2n) is 2.24. The van der Waals surface area contributed by atoms with Gasteiger partial charge in [0.15, 0.2) is 0 Å². The molecule has 0 spiro atoms. The average Bonchev–Trinajstić information content (AvgIpc) is 1.88. The second-order valence-corrected chi connectivity index (χ2v) is 3.13. The maximum Gasteiger partial charge on any atom is 0.211 e. The minimum Gasteiger partial charge on any atom is -0.379 e. The van der Waals surface area contributed by atoms with Crippen LogP contribution >= 0.6 is 15.9 Å². The van der Waals surface area contributed by atoms with Crippen molar-refractivity contribution in [2.24, 2.45) is 0 Å². The third-order valence-electron chi connectivity index (χ3n) is 1.45.